The van der Waals surface area contributed by atoms with Crippen LogP contribution in [0.15, 0.2) is 47.3 Å². The molecule has 3 aromatic rings. The number of ether oxygens (including phenoxy) is 1. The summed E-state index contributed by atoms with van der Waals surface area (Å²) in [7, 11) is 0. The van der Waals surface area contributed by atoms with Gasteiger partial charge in [0, 0.05) is 5.75 Å². The number of esters is 1. The molecule has 0 saturated heterocycles. The van der Waals surface area contributed by atoms with Crippen molar-refractivity contribution >= 4 is 51.8 Å². The van der Waals surface area contributed by atoms with Gasteiger partial charge in [-0.2, -0.15) is 4.68 Å². The molecule has 0 unspecified atom stereocenters. The number of rotatable bonds is 6. The van der Waals surface area contributed by atoms with Gasteiger partial charge in [-0.3, -0.25) is 9.59 Å². The van der Waals surface area contributed by atoms with Crippen LogP contribution in [0.2, 0.25) is 10.0 Å². The lowest BCUT2D eigenvalue weighted by atomic mass is 10.2. The normalized spacial score (nSPS) is 10.8. The third kappa shape index (κ3) is 4.55. The Hall–Kier alpha value is -2.09. The van der Waals surface area contributed by atoms with Crippen LogP contribution in [0, 0.1) is 0 Å². The van der Waals surface area contributed by atoms with Gasteiger partial charge in [-0.05, 0) is 29.8 Å². The van der Waals surface area contributed by atoms with Gasteiger partial charge in [0.1, 0.15) is 5.52 Å². The first-order valence-electron chi connectivity index (χ1n) is 7.54. The zero-order valence-electron chi connectivity index (χ0n) is 13.4. The number of hydrogen-bond donors (Lipinski definition) is 0. The number of fused-ring (bicyclic) bond motifs is 1. The van der Waals surface area contributed by atoms with Crippen molar-refractivity contribution in [2.24, 2.45) is 0 Å². The molecule has 26 heavy (non-hydrogen) atoms. The molecule has 0 N–H and O–H groups in total. The third-order valence-corrected chi connectivity index (χ3v) is 5.17. The highest BCUT2D eigenvalue weighted by atomic mass is 35.5. The van der Waals surface area contributed by atoms with Crippen molar-refractivity contribution in [1.82, 2.24) is 15.0 Å². The standard InChI is InChI=1S/C17H13Cl2N3O3S/c18-13-6-5-11(7-14(13)19)8-26-9-16(23)25-10-22-17(24)12-3-1-2-4-15(12)20-21-22/h1-7H,8-10H2. The quantitative estimate of drug-likeness (QED) is 0.579. The Bertz CT molecular complexity index is 1010. The van der Waals surface area contributed by atoms with Crippen molar-refractivity contribution < 1.29 is 9.53 Å². The van der Waals surface area contributed by atoms with E-state index in [1.165, 1.54) is 11.8 Å². The van der Waals surface area contributed by atoms with Gasteiger partial charge < -0.3 is 4.74 Å². The van der Waals surface area contributed by atoms with Gasteiger partial charge in [-0.1, -0.05) is 46.6 Å². The topological polar surface area (TPSA) is 74.1 Å². The SMILES string of the molecule is O=C(CSCc1ccc(Cl)c(Cl)c1)OCn1nnc2ccccc2c1=O. The lowest BCUT2D eigenvalue weighted by Crippen LogP contribution is -2.26. The van der Waals surface area contributed by atoms with Crippen LogP contribution in [0.4, 0.5) is 0 Å². The Balaban J connectivity index is 1.52. The van der Waals surface area contributed by atoms with E-state index in [9.17, 15) is 9.59 Å². The molecular weight excluding hydrogens is 397 g/mol. The van der Waals surface area contributed by atoms with E-state index in [1.54, 1.807) is 36.4 Å². The predicted molar refractivity (Wildman–Crippen MR) is 103 cm³/mol. The van der Waals surface area contributed by atoms with Gasteiger partial charge in [0.25, 0.3) is 5.56 Å². The molecule has 0 amide bonds. The molecule has 0 spiro atoms. The summed E-state index contributed by atoms with van der Waals surface area (Å²) in [5.41, 5.74) is 1.10. The fourth-order valence-electron chi connectivity index (χ4n) is 2.16. The highest BCUT2D eigenvalue weighted by molar-refractivity contribution is 7.99. The van der Waals surface area contributed by atoms with E-state index >= 15 is 0 Å². The number of hydrogen-bond acceptors (Lipinski definition) is 6. The fourth-order valence-corrected chi connectivity index (χ4v) is 3.25. The maximum absolute atomic E-state index is 12.2. The molecule has 0 fully saturated rings. The fraction of sp³-hybridized carbons (Fsp3) is 0.176. The zero-order valence-corrected chi connectivity index (χ0v) is 15.7. The molecule has 0 saturated carbocycles. The van der Waals surface area contributed by atoms with Gasteiger partial charge in [0.05, 0.1) is 21.2 Å². The van der Waals surface area contributed by atoms with E-state index in [1.807, 2.05) is 6.07 Å². The molecule has 0 aliphatic heterocycles. The molecule has 9 heteroatoms. The first-order valence-corrected chi connectivity index (χ1v) is 9.45. The Labute approximate surface area is 163 Å². The predicted octanol–water partition coefficient (Wildman–Crippen LogP) is 3.53. The molecule has 1 heterocycles. The zero-order chi connectivity index (χ0) is 18.5. The van der Waals surface area contributed by atoms with Gasteiger partial charge in [0.2, 0.25) is 0 Å². The average molecular weight is 410 g/mol. The van der Waals surface area contributed by atoms with E-state index < -0.39 is 5.97 Å². The summed E-state index contributed by atoms with van der Waals surface area (Å²) in [6.45, 7) is -0.275. The van der Waals surface area contributed by atoms with Crippen molar-refractivity contribution in [3.63, 3.8) is 0 Å². The molecule has 0 aliphatic rings. The lowest BCUT2D eigenvalue weighted by molar-refractivity contribution is -0.144. The second-order valence-electron chi connectivity index (χ2n) is 5.30. The number of benzene rings is 2. The molecule has 134 valence electrons. The Kier molecular flexibility index (Phi) is 6.13. The number of thioether (sulfide) groups is 1. The highest BCUT2D eigenvalue weighted by Crippen LogP contribution is 2.24. The Morgan fingerprint density at radius 1 is 1.15 bits per heavy atom. The first kappa shape index (κ1) is 18.7. The summed E-state index contributed by atoms with van der Waals surface area (Å²) in [5.74, 6) is 0.273. The summed E-state index contributed by atoms with van der Waals surface area (Å²) in [6.07, 6.45) is 0. The second-order valence-corrected chi connectivity index (χ2v) is 7.10. The summed E-state index contributed by atoms with van der Waals surface area (Å²) in [4.78, 5) is 24.1. The molecule has 3 rings (SSSR count). The molecule has 1 aromatic heterocycles. The number of carbonyl (C=O) groups excluding carboxylic acids is 1. The molecule has 0 radical (unpaired) electrons. The van der Waals surface area contributed by atoms with E-state index in [0.717, 1.165) is 10.2 Å². The molecular formula is C17H13Cl2N3O3S. The minimum absolute atomic E-state index is 0.135. The van der Waals surface area contributed by atoms with Crippen molar-refractivity contribution in [2.45, 2.75) is 12.5 Å². The molecule has 6 nitrogen and oxygen atoms in total. The Morgan fingerprint density at radius 2 is 1.96 bits per heavy atom. The first-order chi connectivity index (χ1) is 12.5. The van der Waals surface area contributed by atoms with Crippen molar-refractivity contribution in [2.75, 3.05) is 5.75 Å². The Morgan fingerprint density at radius 3 is 2.77 bits per heavy atom. The highest BCUT2D eigenvalue weighted by Gasteiger charge is 2.09. The van der Waals surface area contributed by atoms with Gasteiger partial charge in [-0.25, -0.2) is 0 Å². The van der Waals surface area contributed by atoms with Crippen LogP contribution in [0.3, 0.4) is 0 Å². The van der Waals surface area contributed by atoms with Crippen LogP contribution < -0.4 is 5.56 Å². The number of halogens is 2. The number of nitrogens with zero attached hydrogens (tertiary/aromatic N) is 3. The van der Waals surface area contributed by atoms with Crippen LogP contribution in [-0.2, 0) is 22.0 Å². The van der Waals surface area contributed by atoms with E-state index in [0.29, 0.717) is 26.7 Å². The van der Waals surface area contributed by atoms with E-state index in [4.69, 9.17) is 27.9 Å². The summed E-state index contributed by atoms with van der Waals surface area (Å²) in [6, 6.07) is 12.2. The van der Waals surface area contributed by atoms with Crippen LogP contribution in [-0.4, -0.2) is 26.7 Å². The van der Waals surface area contributed by atoms with Gasteiger partial charge >= 0.3 is 5.97 Å². The molecule has 2 aromatic carbocycles. The van der Waals surface area contributed by atoms with E-state index in [2.05, 4.69) is 10.3 Å². The summed E-state index contributed by atoms with van der Waals surface area (Å²) >= 11 is 13.2. The average Bonchev–Trinajstić information content (AvgIpc) is 2.64. The summed E-state index contributed by atoms with van der Waals surface area (Å²) < 4.78 is 6.11. The molecule has 0 atom stereocenters. The third-order valence-electron chi connectivity index (χ3n) is 3.45. The maximum atomic E-state index is 12.2. The van der Waals surface area contributed by atoms with Crippen LogP contribution in [0.25, 0.3) is 10.9 Å². The molecule has 0 bridgehead atoms. The van der Waals surface area contributed by atoms with Crippen molar-refractivity contribution in [1.29, 1.82) is 0 Å². The minimum Gasteiger partial charge on any atom is -0.442 e. The van der Waals surface area contributed by atoms with Crippen LogP contribution >= 0.6 is 35.0 Å². The van der Waals surface area contributed by atoms with Crippen molar-refractivity contribution in [3.05, 3.63) is 68.4 Å². The van der Waals surface area contributed by atoms with Gasteiger partial charge in [-0.15, -0.1) is 16.9 Å². The minimum atomic E-state index is -0.447. The largest absolute Gasteiger partial charge is 0.442 e. The smallest absolute Gasteiger partial charge is 0.317 e. The van der Waals surface area contributed by atoms with Crippen molar-refractivity contribution in [3.8, 4) is 0 Å². The number of aromatic nitrogens is 3. The van der Waals surface area contributed by atoms with E-state index in [-0.39, 0.29) is 18.0 Å². The molecule has 0 aliphatic carbocycles. The monoisotopic (exact) mass is 409 g/mol. The number of carbonyl (C=O) groups is 1. The van der Waals surface area contributed by atoms with Gasteiger partial charge in [0.15, 0.2) is 6.73 Å². The summed E-state index contributed by atoms with van der Waals surface area (Å²) in [5, 5.41) is 9.08. The maximum Gasteiger partial charge on any atom is 0.317 e. The lowest BCUT2D eigenvalue weighted by Gasteiger charge is -2.07. The van der Waals surface area contributed by atoms with Crippen LogP contribution in [0.1, 0.15) is 5.56 Å². The second kappa shape index (κ2) is 8.53. The van der Waals surface area contributed by atoms with Crippen LogP contribution in [0.5, 0.6) is 0 Å².